The molecule has 1 heterocycles. The molecular weight excluding hydrogens is 368 g/mol. The Morgan fingerprint density at radius 1 is 0.741 bits per heavy atom. The lowest BCUT2D eigenvalue weighted by atomic mass is 10.1. The molecule has 1 aliphatic rings. The molecule has 0 aromatic heterocycles. The molecule has 0 amide bonds. The standard InChI is InChI=1S/C16H22O11/c1-7(17)22-6-12(23-8(2)18)13-14(24-9(3)19)15(25-10(4)20)16(27-13)26-11(5)21/h12-16H,6H2,1-5H3/t12-,13+,14-,15+,16-/m0/s1. The van der Waals surface area contributed by atoms with Crippen molar-refractivity contribution >= 4 is 29.8 Å². The van der Waals surface area contributed by atoms with E-state index in [1.807, 2.05) is 0 Å². The Balaban J connectivity index is 3.20. The number of esters is 5. The summed E-state index contributed by atoms with van der Waals surface area (Å²) in [7, 11) is 0. The summed E-state index contributed by atoms with van der Waals surface area (Å²) < 4.78 is 30.7. The van der Waals surface area contributed by atoms with E-state index < -0.39 is 67.2 Å². The van der Waals surface area contributed by atoms with Crippen LogP contribution in [0.4, 0.5) is 0 Å². The molecular formula is C16H22O11. The normalized spacial score (nSPS) is 25.1. The summed E-state index contributed by atoms with van der Waals surface area (Å²) in [6.07, 6.45) is -6.46. The Hall–Kier alpha value is -2.69. The number of ether oxygens (including phenoxy) is 6. The van der Waals surface area contributed by atoms with Crippen molar-refractivity contribution in [3.8, 4) is 0 Å². The zero-order chi connectivity index (χ0) is 20.7. The van der Waals surface area contributed by atoms with Crippen LogP contribution in [0, 0.1) is 0 Å². The van der Waals surface area contributed by atoms with E-state index in [9.17, 15) is 24.0 Å². The van der Waals surface area contributed by atoms with E-state index in [4.69, 9.17) is 28.4 Å². The summed E-state index contributed by atoms with van der Waals surface area (Å²) in [5.41, 5.74) is 0. The number of carbonyl (C=O) groups excluding carboxylic acids is 5. The highest BCUT2D eigenvalue weighted by Gasteiger charge is 2.55. The molecule has 1 saturated heterocycles. The van der Waals surface area contributed by atoms with Gasteiger partial charge in [0, 0.05) is 34.6 Å². The van der Waals surface area contributed by atoms with Crippen LogP contribution in [0.15, 0.2) is 0 Å². The molecule has 0 N–H and O–H groups in total. The van der Waals surface area contributed by atoms with Gasteiger partial charge in [-0.3, -0.25) is 24.0 Å². The van der Waals surface area contributed by atoms with Crippen LogP contribution in [-0.2, 0) is 52.4 Å². The second-order valence-electron chi connectivity index (χ2n) is 5.68. The topological polar surface area (TPSA) is 141 Å². The van der Waals surface area contributed by atoms with Gasteiger partial charge in [-0.25, -0.2) is 0 Å². The zero-order valence-electron chi connectivity index (χ0n) is 15.6. The lowest BCUT2D eigenvalue weighted by Crippen LogP contribution is -2.46. The first kappa shape index (κ1) is 22.4. The van der Waals surface area contributed by atoms with Crippen LogP contribution in [0.3, 0.4) is 0 Å². The maximum atomic E-state index is 11.5. The van der Waals surface area contributed by atoms with Crippen molar-refractivity contribution in [2.24, 2.45) is 0 Å². The first-order chi connectivity index (χ1) is 12.5. The Bertz CT molecular complexity index is 599. The van der Waals surface area contributed by atoms with E-state index in [1.54, 1.807) is 0 Å². The largest absolute Gasteiger partial charge is 0.462 e. The van der Waals surface area contributed by atoms with E-state index in [-0.39, 0.29) is 0 Å². The zero-order valence-corrected chi connectivity index (χ0v) is 15.6. The van der Waals surface area contributed by atoms with Gasteiger partial charge in [0.25, 0.3) is 0 Å². The van der Waals surface area contributed by atoms with E-state index in [0.717, 1.165) is 34.6 Å². The van der Waals surface area contributed by atoms with Gasteiger partial charge in [0.1, 0.15) is 12.7 Å². The van der Waals surface area contributed by atoms with Crippen molar-refractivity contribution < 1.29 is 52.4 Å². The molecule has 0 aromatic carbocycles. The van der Waals surface area contributed by atoms with Gasteiger partial charge in [0.05, 0.1) is 0 Å². The molecule has 5 atom stereocenters. The molecule has 11 nitrogen and oxygen atoms in total. The second-order valence-corrected chi connectivity index (χ2v) is 5.68. The van der Waals surface area contributed by atoms with Crippen LogP contribution in [0.5, 0.6) is 0 Å². The van der Waals surface area contributed by atoms with Gasteiger partial charge in [-0.05, 0) is 0 Å². The molecule has 152 valence electrons. The van der Waals surface area contributed by atoms with Gasteiger partial charge in [-0.2, -0.15) is 0 Å². The third-order valence-corrected chi connectivity index (χ3v) is 3.23. The van der Waals surface area contributed by atoms with Gasteiger partial charge in [-0.1, -0.05) is 0 Å². The predicted molar refractivity (Wildman–Crippen MR) is 83.7 cm³/mol. The molecule has 0 aliphatic carbocycles. The molecule has 0 bridgehead atoms. The van der Waals surface area contributed by atoms with Gasteiger partial charge < -0.3 is 28.4 Å². The van der Waals surface area contributed by atoms with Gasteiger partial charge in [-0.15, -0.1) is 0 Å². The fraction of sp³-hybridized carbons (Fsp3) is 0.688. The Morgan fingerprint density at radius 2 is 1.26 bits per heavy atom. The Labute approximate surface area is 155 Å². The minimum absolute atomic E-state index is 0.420. The first-order valence-corrected chi connectivity index (χ1v) is 7.99. The Kier molecular flexibility index (Phi) is 8.16. The molecule has 11 heteroatoms. The summed E-state index contributed by atoms with van der Waals surface area (Å²) >= 11 is 0. The van der Waals surface area contributed by atoms with Crippen LogP contribution in [0.2, 0.25) is 0 Å². The van der Waals surface area contributed by atoms with Crippen LogP contribution >= 0.6 is 0 Å². The van der Waals surface area contributed by atoms with Crippen molar-refractivity contribution in [2.75, 3.05) is 6.61 Å². The van der Waals surface area contributed by atoms with E-state index in [2.05, 4.69) is 0 Å². The Morgan fingerprint density at radius 3 is 1.70 bits per heavy atom. The first-order valence-electron chi connectivity index (χ1n) is 7.99. The highest BCUT2D eigenvalue weighted by Crippen LogP contribution is 2.31. The molecule has 1 aliphatic heterocycles. The number of hydrogen-bond donors (Lipinski definition) is 0. The van der Waals surface area contributed by atoms with Crippen molar-refractivity contribution in [1.29, 1.82) is 0 Å². The third kappa shape index (κ3) is 7.21. The molecule has 1 fully saturated rings. The van der Waals surface area contributed by atoms with Gasteiger partial charge in [0.2, 0.25) is 12.4 Å². The summed E-state index contributed by atoms with van der Waals surface area (Å²) in [5.74, 6) is -3.62. The van der Waals surface area contributed by atoms with Crippen molar-refractivity contribution in [1.82, 2.24) is 0 Å². The molecule has 0 saturated carbocycles. The van der Waals surface area contributed by atoms with Crippen LogP contribution in [0.1, 0.15) is 34.6 Å². The van der Waals surface area contributed by atoms with Gasteiger partial charge in [0.15, 0.2) is 12.2 Å². The highest BCUT2D eigenvalue weighted by atomic mass is 16.8. The summed E-state index contributed by atoms with van der Waals surface area (Å²) in [6.45, 7) is 5.15. The number of hydrogen-bond acceptors (Lipinski definition) is 11. The predicted octanol–water partition coefficient (Wildman–Crippen LogP) is -0.367. The molecule has 0 spiro atoms. The van der Waals surface area contributed by atoms with Crippen LogP contribution in [-0.4, -0.2) is 67.2 Å². The maximum absolute atomic E-state index is 11.5. The average Bonchev–Trinajstić information content (AvgIpc) is 2.79. The molecule has 0 unspecified atom stereocenters. The molecule has 27 heavy (non-hydrogen) atoms. The third-order valence-electron chi connectivity index (χ3n) is 3.23. The fourth-order valence-corrected chi connectivity index (χ4v) is 2.46. The summed E-state index contributed by atoms with van der Waals surface area (Å²) in [5, 5.41) is 0. The van der Waals surface area contributed by atoms with Crippen molar-refractivity contribution in [3.05, 3.63) is 0 Å². The van der Waals surface area contributed by atoms with Crippen molar-refractivity contribution in [2.45, 2.75) is 65.3 Å². The monoisotopic (exact) mass is 390 g/mol. The molecule has 1 rings (SSSR count). The second kappa shape index (κ2) is 9.86. The lowest BCUT2D eigenvalue weighted by molar-refractivity contribution is -0.203. The minimum Gasteiger partial charge on any atom is -0.462 e. The fourth-order valence-electron chi connectivity index (χ4n) is 2.46. The number of rotatable bonds is 7. The SMILES string of the molecule is CC(=O)OC[C@H](OC(C)=O)[C@H]1O[C@H](OC(C)=O)[C@H](OC(C)=O)[C@H]1OC(C)=O. The average molecular weight is 390 g/mol. The van der Waals surface area contributed by atoms with E-state index in [1.165, 1.54) is 0 Å². The summed E-state index contributed by atoms with van der Waals surface area (Å²) in [4.78, 5) is 56.7. The van der Waals surface area contributed by atoms with Gasteiger partial charge >= 0.3 is 29.8 Å². The number of carbonyl (C=O) groups is 5. The van der Waals surface area contributed by atoms with E-state index in [0.29, 0.717) is 0 Å². The quantitative estimate of drug-likeness (QED) is 0.415. The molecule has 0 radical (unpaired) electrons. The van der Waals surface area contributed by atoms with Crippen molar-refractivity contribution in [3.63, 3.8) is 0 Å². The maximum Gasteiger partial charge on any atom is 0.305 e. The summed E-state index contributed by atoms with van der Waals surface area (Å²) in [6, 6.07) is 0. The van der Waals surface area contributed by atoms with Crippen LogP contribution < -0.4 is 0 Å². The van der Waals surface area contributed by atoms with Crippen LogP contribution in [0.25, 0.3) is 0 Å². The molecule has 0 aromatic rings. The minimum atomic E-state index is -1.42. The van der Waals surface area contributed by atoms with E-state index >= 15 is 0 Å². The lowest BCUT2D eigenvalue weighted by Gasteiger charge is -2.27. The smallest absolute Gasteiger partial charge is 0.305 e. The highest BCUT2D eigenvalue weighted by molar-refractivity contribution is 5.69.